The minimum absolute atomic E-state index is 0.0807. The van der Waals surface area contributed by atoms with Gasteiger partial charge in [-0.05, 0) is 26.1 Å². The second kappa shape index (κ2) is 8.31. The van der Waals surface area contributed by atoms with Crippen LogP contribution in [0, 0.1) is 6.92 Å². The normalized spacial score (nSPS) is 11.3. The number of nitrogens with one attached hydrogen (secondary N) is 1. The van der Waals surface area contributed by atoms with Crippen molar-refractivity contribution in [3.63, 3.8) is 0 Å². The molecule has 0 atom stereocenters. The molecular formula is C21H27N5O. The average Bonchev–Trinajstić information content (AvgIpc) is 2.99. The summed E-state index contributed by atoms with van der Waals surface area (Å²) in [5.74, 6) is -0.0807. The molecule has 3 rings (SSSR count). The molecule has 1 N–H and O–H groups in total. The summed E-state index contributed by atoms with van der Waals surface area (Å²) in [7, 11) is 1.86. The van der Waals surface area contributed by atoms with E-state index in [0.717, 1.165) is 47.6 Å². The van der Waals surface area contributed by atoms with Crippen molar-refractivity contribution in [3.8, 4) is 11.3 Å². The fourth-order valence-electron chi connectivity index (χ4n) is 3.34. The van der Waals surface area contributed by atoms with Crippen LogP contribution in [0.5, 0.6) is 0 Å². The lowest BCUT2D eigenvalue weighted by Crippen LogP contribution is -2.34. The van der Waals surface area contributed by atoms with Gasteiger partial charge in [0.15, 0.2) is 5.65 Å². The fourth-order valence-corrected chi connectivity index (χ4v) is 3.34. The van der Waals surface area contributed by atoms with E-state index >= 15 is 0 Å². The maximum absolute atomic E-state index is 13.0. The summed E-state index contributed by atoms with van der Waals surface area (Å²) in [6, 6.07) is 11.8. The predicted octanol–water partition coefficient (Wildman–Crippen LogP) is 3.02. The Bertz CT molecular complexity index is 929. The molecule has 0 aliphatic carbocycles. The second-order valence-corrected chi connectivity index (χ2v) is 6.61. The van der Waals surface area contributed by atoms with Crippen LogP contribution in [0.4, 0.5) is 0 Å². The van der Waals surface area contributed by atoms with Crippen molar-refractivity contribution < 1.29 is 4.79 Å². The maximum Gasteiger partial charge on any atom is 0.252 e. The number of aryl methyl sites for hydroxylation is 2. The number of hydrogen-bond acceptors (Lipinski definition) is 4. The molecule has 142 valence electrons. The molecule has 1 aromatic carbocycles. The molecule has 0 fully saturated rings. The van der Waals surface area contributed by atoms with Crippen LogP contribution in [-0.2, 0) is 7.05 Å². The van der Waals surface area contributed by atoms with Crippen LogP contribution in [0.2, 0.25) is 0 Å². The number of pyridine rings is 1. The average molecular weight is 365 g/mol. The molecule has 3 aromatic rings. The summed E-state index contributed by atoms with van der Waals surface area (Å²) in [5.41, 5.74) is 3.93. The Hall–Kier alpha value is -2.73. The van der Waals surface area contributed by atoms with Crippen LogP contribution < -0.4 is 5.32 Å². The quantitative estimate of drug-likeness (QED) is 0.699. The first kappa shape index (κ1) is 19.0. The van der Waals surface area contributed by atoms with Crippen LogP contribution in [0.1, 0.15) is 29.9 Å². The third kappa shape index (κ3) is 4.01. The topological polar surface area (TPSA) is 63.1 Å². The number of hydrogen-bond donors (Lipinski definition) is 1. The minimum Gasteiger partial charge on any atom is -0.351 e. The van der Waals surface area contributed by atoms with E-state index in [2.05, 4.69) is 29.2 Å². The first-order valence-electron chi connectivity index (χ1n) is 9.45. The van der Waals surface area contributed by atoms with E-state index in [1.807, 2.05) is 50.4 Å². The Kier molecular flexibility index (Phi) is 5.86. The summed E-state index contributed by atoms with van der Waals surface area (Å²) in [6.45, 7) is 9.58. The largest absolute Gasteiger partial charge is 0.351 e. The van der Waals surface area contributed by atoms with Gasteiger partial charge in [-0.2, -0.15) is 5.10 Å². The van der Waals surface area contributed by atoms with Crippen molar-refractivity contribution >= 4 is 16.9 Å². The molecule has 2 heterocycles. The summed E-state index contributed by atoms with van der Waals surface area (Å²) >= 11 is 0. The molecule has 27 heavy (non-hydrogen) atoms. The summed E-state index contributed by atoms with van der Waals surface area (Å²) in [6.07, 6.45) is 0. The maximum atomic E-state index is 13.0. The van der Waals surface area contributed by atoms with E-state index in [9.17, 15) is 4.79 Å². The summed E-state index contributed by atoms with van der Waals surface area (Å²) < 4.78 is 1.74. The number of likely N-dealkylation sites (N-methyl/N-ethyl adjacent to an activating group) is 1. The Morgan fingerprint density at radius 1 is 1.19 bits per heavy atom. The van der Waals surface area contributed by atoms with Crippen molar-refractivity contribution in [3.05, 3.63) is 47.7 Å². The molecule has 2 aromatic heterocycles. The lowest BCUT2D eigenvalue weighted by molar-refractivity contribution is 0.0950. The van der Waals surface area contributed by atoms with Gasteiger partial charge in [-0.3, -0.25) is 9.48 Å². The Morgan fingerprint density at radius 3 is 2.56 bits per heavy atom. The molecule has 6 nitrogen and oxygen atoms in total. The molecule has 1 amide bonds. The predicted molar refractivity (Wildman–Crippen MR) is 109 cm³/mol. The van der Waals surface area contributed by atoms with E-state index < -0.39 is 0 Å². The Morgan fingerprint density at radius 2 is 1.89 bits per heavy atom. The third-order valence-electron chi connectivity index (χ3n) is 4.89. The van der Waals surface area contributed by atoms with Gasteiger partial charge >= 0.3 is 0 Å². The van der Waals surface area contributed by atoms with Crippen LogP contribution in [0.15, 0.2) is 36.4 Å². The number of amides is 1. The first-order valence-corrected chi connectivity index (χ1v) is 9.45. The van der Waals surface area contributed by atoms with Crippen molar-refractivity contribution in [2.45, 2.75) is 20.8 Å². The van der Waals surface area contributed by atoms with Crippen LogP contribution in [0.25, 0.3) is 22.3 Å². The number of carbonyl (C=O) groups excluding carboxylic acids is 1. The van der Waals surface area contributed by atoms with Gasteiger partial charge in [-0.1, -0.05) is 44.2 Å². The van der Waals surface area contributed by atoms with Gasteiger partial charge in [0, 0.05) is 25.7 Å². The third-order valence-corrected chi connectivity index (χ3v) is 4.89. The van der Waals surface area contributed by atoms with E-state index in [1.165, 1.54) is 0 Å². The number of aromatic nitrogens is 3. The van der Waals surface area contributed by atoms with Gasteiger partial charge < -0.3 is 10.2 Å². The SMILES string of the molecule is CCN(CC)CCNC(=O)c1cc(-c2ccccc2)nc2c1c(C)nn2C. The molecule has 0 unspecified atom stereocenters. The van der Waals surface area contributed by atoms with Gasteiger partial charge in [0.25, 0.3) is 5.91 Å². The van der Waals surface area contributed by atoms with Gasteiger partial charge in [0.05, 0.1) is 22.3 Å². The van der Waals surface area contributed by atoms with Gasteiger partial charge in [0.1, 0.15) is 0 Å². The van der Waals surface area contributed by atoms with E-state index in [-0.39, 0.29) is 5.91 Å². The van der Waals surface area contributed by atoms with Gasteiger partial charge in [0.2, 0.25) is 0 Å². The minimum atomic E-state index is -0.0807. The highest BCUT2D eigenvalue weighted by Gasteiger charge is 2.19. The molecule has 0 radical (unpaired) electrons. The van der Waals surface area contributed by atoms with Gasteiger partial charge in [-0.15, -0.1) is 0 Å². The van der Waals surface area contributed by atoms with Crippen LogP contribution >= 0.6 is 0 Å². The van der Waals surface area contributed by atoms with E-state index in [0.29, 0.717) is 12.1 Å². The standard InChI is InChI=1S/C21H27N5O/c1-5-26(6-2)13-12-22-21(27)17-14-18(16-10-8-7-9-11-16)23-20-19(17)15(3)24-25(20)4/h7-11,14H,5-6,12-13H2,1-4H3,(H,22,27). The first-order chi connectivity index (χ1) is 13.0. The number of carbonyl (C=O) groups is 1. The van der Waals surface area contributed by atoms with Crippen LogP contribution in [-0.4, -0.2) is 51.8 Å². The summed E-state index contributed by atoms with van der Waals surface area (Å²) in [5, 5.41) is 8.35. The number of rotatable bonds is 7. The zero-order valence-corrected chi connectivity index (χ0v) is 16.5. The highest BCUT2D eigenvalue weighted by Crippen LogP contribution is 2.26. The zero-order chi connectivity index (χ0) is 19.4. The Balaban J connectivity index is 1.96. The summed E-state index contributed by atoms with van der Waals surface area (Å²) in [4.78, 5) is 20.0. The highest BCUT2D eigenvalue weighted by atomic mass is 16.1. The van der Waals surface area contributed by atoms with E-state index in [4.69, 9.17) is 4.98 Å². The van der Waals surface area contributed by atoms with Crippen LogP contribution in [0.3, 0.4) is 0 Å². The Labute approximate surface area is 160 Å². The van der Waals surface area contributed by atoms with Crippen molar-refractivity contribution in [2.75, 3.05) is 26.2 Å². The van der Waals surface area contributed by atoms with Crippen molar-refractivity contribution in [2.24, 2.45) is 7.05 Å². The number of fused-ring (bicyclic) bond motifs is 1. The lowest BCUT2D eigenvalue weighted by atomic mass is 10.0. The smallest absolute Gasteiger partial charge is 0.252 e. The van der Waals surface area contributed by atoms with Gasteiger partial charge in [-0.25, -0.2) is 4.98 Å². The highest BCUT2D eigenvalue weighted by molar-refractivity contribution is 6.07. The molecule has 0 spiro atoms. The molecule has 0 aliphatic rings. The molecule has 6 heteroatoms. The fraction of sp³-hybridized carbons (Fsp3) is 0.381. The zero-order valence-electron chi connectivity index (χ0n) is 16.5. The van der Waals surface area contributed by atoms with Crippen molar-refractivity contribution in [1.29, 1.82) is 0 Å². The molecule has 0 saturated carbocycles. The van der Waals surface area contributed by atoms with Crippen molar-refractivity contribution in [1.82, 2.24) is 25.0 Å². The molecular weight excluding hydrogens is 338 g/mol. The molecule has 0 aliphatic heterocycles. The number of nitrogens with zero attached hydrogens (tertiary/aromatic N) is 4. The van der Waals surface area contributed by atoms with E-state index in [1.54, 1.807) is 4.68 Å². The number of benzene rings is 1. The second-order valence-electron chi connectivity index (χ2n) is 6.61. The monoisotopic (exact) mass is 365 g/mol. The molecule has 0 saturated heterocycles. The molecule has 0 bridgehead atoms. The lowest BCUT2D eigenvalue weighted by Gasteiger charge is -2.18.